The second-order valence-corrected chi connectivity index (χ2v) is 6.18. The number of fused-ring (bicyclic) bond motifs is 2. The molecule has 6 nitrogen and oxygen atoms in total. The van der Waals surface area contributed by atoms with Gasteiger partial charge in [-0.05, 0) is 34.8 Å². The second-order valence-electron chi connectivity index (χ2n) is 5.32. The topological polar surface area (TPSA) is 62.5 Å². The number of hydrogen-bond acceptors (Lipinski definition) is 3. The van der Waals surface area contributed by atoms with Gasteiger partial charge in [-0.2, -0.15) is 5.10 Å². The number of rotatable bonds is 1. The molecule has 2 atom stereocenters. The molecule has 0 radical (unpaired) electrons. The number of nitrogens with one attached hydrogen (secondary N) is 1. The summed E-state index contributed by atoms with van der Waals surface area (Å²) in [7, 11) is 0. The van der Waals surface area contributed by atoms with Crippen LogP contribution in [0.5, 0.6) is 0 Å². The molecule has 1 aliphatic heterocycles. The average Bonchev–Trinajstić information content (AvgIpc) is 2.98. The van der Waals surface area contributed by atoms with Crippen molar-refractivity contribution in [2.24, 2.45) is 0 Å². The molecule has 2 amide bonds. The molecule has 1 saturated carbocycles. The van der Waals surface area contributed by atoms with E-state index in [0.29, 0.717) is 5.82 Å². The molecule has 3 heterocycles. The van der Waals surface area contributed by atoms with Crippen molar-refractivity contribution in [1.82, 2.24) is 19.9 Å². The Morgan fingerprint density at radius 1 is 1.35 bits per heavy atom. The number of urea groups is 1. The predicted octanol–water partition coefficient (Wildman–Crippen LogP) is 2.33. The van der Waals surface area contributed by atoms with Crippen molar-refractivity contribution in [2.45, 2.75) is 37.8 Å². The van der Waals surface area contributed by atoms with Crippen molar-refractivity contribution >= 4 is 33.4 Å². The number of carbonyl (C=O) groups excluding carboxylic acids is 1. The SMILES string of the molecule is O=C1N[C@H]2CCCC[C@H]2N1c1ccn2ncc(Br)c2n1. The van der Waals surface area contributed by atoms with Gasteiger partial charge in [0.1, 0.15) is 5.82 Å². The Morgan fingerprint density at radius 2 is 2.20 bits per heavy atom. The summed E-state index contributed by atoms with van der Waals surface area (Å²) in [5.41, 5.74) is 0.731. The van der Waals surface area contributed by atoms with Gasteiger partial charge in [0.05, 0.1) is 22.8 Å². The van der Waals surface area contributed by atoms with Gasteiger partial charge in [0, 0.05) is 6.20 Å². The highest BCUT2D eigenvalue weighted by Gasteiger charge is 2.41. The van der Waals surface area contributed by atoms with Crippen LogP contribution in [0.4, 0.5) is 10.6 Å². The minimum Gasteiger partial charge on any atom is -0.333 e. The van der Waals surface area contributed by atoms with Crippen molar-refractivity contribution in [1.29, 1.82) is 0 Å². The Labute approximate surface area is 124 Å². The highest BCUT2D eigenvalue weighted by atomic mass is 79.9. The van der Waals surface area contributed by atoms with Crippen LogP contribution in [0.25, 0.3) is 5.65 Å². The third-order valence-electron chi connectivity index (χ3n) is 4.15. The molecule has 2 aliphatic rings. The van der Waals surface area contributed by atoms with Gasteiger partial charge in [0.25, 0.3) is 0 Å². The molecule has 20 heavy (non-hydrogen) atoms. The Balaban J connectivity index is 1.77. The summed E-state index contributed by atoms with van der Waals surface area (Å²) in [4.78, 5) is 18.6. The van der Waals surface area contributed by atoms with E-state index in [1.807, 2.05) is 17.2 Å². The van der Waals surface area contributed by atoms with Gasteiger partial charge in [0.15, 0.2) is 5.65 Å². The first-order chi connectivity index (χ1) is 9.74. The van der Waals surface area contributed by atoms with Gasteiger partial charge in [-0.1, -0.05) is 12.8 Å². The summed E-state index contributed by atoms with van der Waals surface area (Å²) in [5, 5.41) is 7.25. The van der Waals surface area contributed by atoms with Crippen molar-refractivity contribution in [3.8, 4) is 0 Å². The molecule has 0 unspecified atom stereocenters. The molecule has 2 fully saturated rings. The number of anilines is 1. The lowest BCUT2D eigenvalue weighted by molar-refractivity contribution is 0.250. The zero-order valence-corrected chi connectivity index (χ0v) is 12.4. The maximum absolute atomic E-state index is 12.2. The van der Waals surface area contributed by atoms with Gasteiger partial charge in [-0.15, -0.1) is 0 Å². The highest BCUT2D eigenvalue weighted by Crippen LogP contribution is 2.31. The molecule has 1 aliphatic carbocycles. The van der Waals surface area contributed by atoms with Crippen LogP contribution in [-0.4, -0.2) is 32.7 Å². The second kappa shape index (κ2) is 4.44. The first-order valence-corrected chi connectivity index (χ1v) is 7.63. The number of halogens is 1. The van der Waals surface area contributed by atoms with Gasteiger partial charge in [-0.3, -0.25) is 4.90 Å². The number of amides is 2. The van der Waals surface area contributed by atoms with E-state index in [9.17, 15) is 4.79 Å². The Bertz CT molecular complexity index is 684. The maximum Gasteiger partial charge on any atom is 0.323 e. The molecule has 104 valence electrons. The van der Waals surface area contributed by atoms with Crippen molar-refractivity contribution < 1.29 is 4.79 Å². The molecule has 7 heteroatoms. The van der Waals surface area contributed by atoms with Crippen LogP contribution in [0.2, 0.25) is 0 Å². The molecule has 2 aromatic heterocycles. The Hall–Kier alpha value is -1.63. The largest absolute Gasteiger partial charge is 0.333 e. The van der Waals surface area contributed by atoms with Crippen LogP contribution in [0.1, 0.15) is 25.7 Å². The summed E-state index contributed by atoms with van der Waals surface area (Å²) >= 11 is 3.43. The minimum atomic E-state index is -0.0330. The molecule has 0 aromatic carbocycles. The zero-order valence-electron chi connectivity index (χ0n) is 10.8. The van der Waals surface area contributed by atoms with Crippen LogP contribution in [0.3, 0.4) is 0 Å². The van der Waals surface area contributed by atoms with E-state index in [-0.39, 0.29) is 18.1 Å². The lowest BCUT2D eigenvalue weighted by Crippen LogP contribution is -2.39. The standard InChI is InChI=1S/C13H14BrN5O/c14-8-7-15-18-6-5-11(17-12(8)18)19-10-4-2-1-3-9(10)16-13(19)20/h5-7,9-10H,1-4H2,(H,16,20)/t9-,10+/m0/s1. The van der Waals surface area contributed by atoms with Crippen LogP contribution in [0, 0.1) is 0 Å². The summed E-state index contributed by atoms with van der Waals surface area (Å²) < 4.78 is 2.53. The van der Waals surface area contributed by atoms with Crippen LogP contribution < -0.4 is 10.2 Å². The van der Waals surface area contributed by atoms with E-state index in [2.05, 4.69) is 31.3 Å². The van der Waals surface area contributed by atoms with E-state index in [1.54, 1.807) is 10.7 Å². The number of aromatic nitrogens is 3. The van der Waals surface area contributed by atoms with Gasteiger partial charge in [-0.25, -0.2) is 14.3 Å². The van der Waals surface area contributed by atoms with E-state index < -0.39 is 0 Å². The molecule has 0 spiro atoms. The molecule has 2 aromatic rings. The third-order valence-corrected chi connectivity index (χ3v) is 4.71. The number of nitrogens with zero attached hydrogens (tertiary/aromatic N) is 4. The Morgan fingerprint density at radius 3 is 3.10 bits per heavy atom. The zero-order chi connectivity index (χ0) is 13.7. The first kappa shape index (κ1) is 12.1. The van der Waals surface area contributed by atoms with E-state index in [4.69, 9.17) is 0 Å². The third kappa shape index (κ3) is 1.72. The fourth-order valence-electron chi connectivity index (χ4n) is 3.21. The van der Waals surface area contributed by atoms with Crippen LogP contribution >= 0.6 is 15.9 Å². The summed E-state index contributed by atoms with van der Waals surface area (Å²) in [5.74, 6) is 0.700. The summed E-state index contributed by atoms with van der Waals surface area (Å²) in [6.45, 7) is 0. The fourth-order valence-corrected chi connectivity index (χ4v) is 3.57. The lowest BCUT2D eigenvalue weighted by atomic mass is 9.91. The normalized spacial score (nSPS) is 25.9. The molecular formula is C13H14BrN5O. The summed E-state index contributed by atoms with van der Waals surface area (Å²) in [6, 6.07) is 2.31. The summed E-state index contributed by atoms with van der Waals surface area (Å²) in [6.07, 6.45) is 8.01. The molecule has 0 bridgehead atoms. The van der Waals surface area contributed by atoms with Gasteiger partial charge < -0.3 is 5.32 Å². The smallest absolute Gasteiger partial charge is 0.323 e. The fraction of sp³-hybridized carbons (Fsp3) is 0.462. The minimum absolute atomic E-state index is 0.0330. The highest BCUT2D eigenvalue weighted by molar-refractivity contribution is 9.10. The van der Waals surface area contributed by atoms with Crippen molar-refractivity contribution in [3.63, 3.8) is 0 Å². The quantitative estimate of drug-likeness (QED) is 0.869. The monoisotopic (exact) mass is 335 g/mol. The first-order valence-electron chi connectivity index (χ1n) is 6.83. The molecule has 4 rings (SSSR count). The average molecular weight is 336 g/mol. The van der Waals surface area contributed by atoms with Gasteiger partial charge in [0.2, 0.25) is 0 Å². The van der Waals surface area contributed by atoms with Crippen molar-refractivity contribution in [3.05, 3.63) is 22.9 Å². The number of hydrogen-bond donors (Lipinski definition) is 1. The predicted molar refractivity (Wildman–Crippen MR) is 77.7 cm³/mol. The van der Waals surface area contributed by atoms with Crippen LogP contribution in [0.15, 0.2) is 22.9 Å². The Kier molecular flexibility index (Phi) is 2.70. The number of carbonyl (C=O) groups is 1. The van der Waals surface area contributed by atoms with E-state index >= 15 is 0 Å². The van der Waals surface area contributed by atoms with Crippen molar-refractivity contribution in [2.75, 3.05) is 4.90 Å². The maximum atomic E-state index is 12.2. The molecule has 1 saturated heterocycles. The van der Waals surface area contributed by atoms with E-state index in [0.717, 1.165) is 23.0 Å². The van der Waals surface area contributed by atoms with Gasteiger partial charge >= 0.3 is 6.03 Å². The van der Waals surface area contributed by atoms with E-state index in [1.165, 1.54) is 12.8 Å². The van der Waals surface area contributed by atoms with Crippen LogP contribution in [-0.2, 0) is 0 Å². The molecule has 1 N–H and O–H groups in total. The lowest BCUT2D eigenvalue weighted by Gasteiger charge is -2.29. The molecular weight excluding hydrogens is 322 g/mol.